The normalized spacial score (nSPS) is 16.8. The molecule has 2 aromatic heterocycles. The van der Waals surface area contributed by atoms with Crippen molar-refractivity contribution >= 4 is 11.3 Å². The summed E-state index contributed by atoms with van der Waals surface area (Å²) in [6.45, 7) is 1.51. The SMILES string of the molecule is CN(C)CCOc1ccc(-c2nc(C3=C/C(=N/O)C4=C(CCC4)C3)c(-c3ccncc3)[nH]2)cc1. The highest BCUT2D eigenvalue weighted by atomic mass is 16.5. The van der Waals surface area contributed by atoms with Crippen LogP contribution in [0, 0.1) is 0 Å². The molecule has 5 rings (SSSR count). The molecule has 0 saturated carbocycles. The van der Waals surface area contributed by atoms with Gasteiger partial charge in [-0.25, -0.2) is 4.98 Å². The highest BCUT2D eigenvalue weighted by Crippen LogP contribution is 2.41. The van der Waals surface area contributed by atoms with Crippen molar-refractivity contribution in [3.63, 3.8) is 0 Å². The highest BCUT2D eigenvalue weighted by Gasteiger charge is 2.27. The van der Waals surface area contributed by atoms with Crippen LogP contribution < -0.4 is 4.74 Å². The molecule has 2 heterocycles. The zero-order valence-corrected chi connectivity index (χ0v) is 19.6. The Bertz CT molecular complexity index is 1250. The van der Waals surface area contributed by atoms with E-state index in [4.69, 9.17) is 9.72 Å². The molecule has 0 aliphatic heterocycles. The summed E-state index contributed by atoms with van der Waals surface area (Å²) in [5, 5.41) is 13.2. The summed E-state index contributed by atoms with van der Waals surface area (Å²) in [6.07, 6.45) is 9.51. The highest BCUT2D eigenvalue weighted by molar-refractivity contribution is 6.14. The third-order valence-corrected chi connectivity index (χ3v) is 6.38. The predicted octanol–water partition coefficient (Wildman–Crippen LogP) is 5.18. The first-order valence-electron chi connectivity index (χ1n) is 11.6. The number of allylic oxidation sites excluding steroid dienone is 4. The van der Waals surface area contributed by atoms with E-state index >= 15 is 0 Å². The number of pyridine rings is 1. The molecule has 0 amide bonds. The summed E-state index contributed by atoms with van der Waals surface area (Å²) in [4.78, 5) is 14.8. The van der Waals surface area contributed by atoms with E-state index in [1.807, 2.05) is 56.6 Å². The minimum atomic E-state index is 0.643. The fourth-order valence-corrected chi connectivity index (χ4v) is 4.61. The van der Waals surface area contributed by atoms with E-state index in [2.05, 4.69) is 20.0 Å². The van der Waals surface area contributed by atoms with Gasteiger partial charge in [-0.2, -0.15) is 0 Å². The van der Waals surface area contributed by atoms with Crippen LogP contribution >= 0.6 is 0 Å². The lowest BCUT2D eigenvalue weighted by atomic mass is 9.89. The number of hydrogen-bond donors (Lipinski definition) is 2. The van der Waals surface area contributed by atoms with E-state index in [0.29, 0.717) is 12.3 Å². The first-order valence-corrected chi connectivity index (χ1v) is 11.6. The number of likely N-dealkylation sites (N-methyl/N-ethyl adjacent to an activating group) is 1. The summed E-state index contributed by atoms with van der Waals surface area (Å²) in [7, 11) is 4.06. The van der Waals surface area contributed by atoms with Crippen molar-refractivity contribution in [2.45, 2.75) is 25.7 Å². The lowest BCUT2D eigenvalue weighted by Crippen LogP contribution is -2.19. The van der Waals surface area contributed by atoms with Gasteiger partial charge in [0.25, 0.3) is 0 Å². The third-order valence-electron chi connectivity index (χ3n) is 6.38. The molecule has 2 aliphatic carbocycles. The van der Waals surface area contributed by atoms with Gasteiger partial charge in [-0.3, -0.25) is 4.98 Å². The Hall–Kier alpha value is -3.71. The van der Waals surface area contributed by atoms with Crippen LogP contribution in [-0.2, 0) is 0 Å². The molecule has 174 valence electrons. The summed E-state index contributed by atoms with van der Waals surface area (Å²) in [5.41, 5.74) is 8.09. The second-order valence-electron chi connectivity index (χ2n) is 8.99. The van der Waals surface area contributed by atoms with Gasteiger partial charge in [0, 0.05) is 30.1 Å². The van der Waals surface area contributed by atoms with Crippen LogP contribution in [0.3, 0.4) is 0 Å². The minimum absolute atomic E-state index is 0.643. The molecule has 2 N–H and O–H groups in total. The number of imidazole rings is 1. The second-order valence-corrected chi connectivity index (χ2v) is 8.99. The predicted molar refractivity (Wildman–Crippen MR) is 134 cm³/mol. The molecule has 0 unspecified atom stereocenters. The maximum absolute atomic E-state index is 9.65. The number of aromatic nitrogens is 3. The number of hydrogen-bond acceptors (Lipinski definition) is 6. The fourth-order valence-electron chi connectivity index (χ4n) is 4.61. The molecule has 0 spiro atoms. The lowest BCUT2D eigenvalue weighted by Gasteiger charge is -2.16. The van der Waals surface area contributed by atoms with E-state index in [9.17, 15) is 5.21 Å². The van der Waals surface area contributed by atoms with Crippen LogP contribution in [0.15, 0.2) is 71.2 Å². The number of nitrogens with one attached hydrogen (secondary N) is 1. The van der Waals surface area contributed by atoms with Gasteiger partial charge < -0.3 is 19.8 Å². The molecule has 3 aromatic rings. The quantitative estimate of drug-likeness (QED) is 0.379. The van der Waals surface area contributed by atoms with Gasteiger partial charge in [-0.1, -0.05) is 10.7 Å². The molecule has 0 bridgehead atoms. The maximum atomic E-state index is 9.65. The van der Waals surface area contributed by atoms with Crippen molar-refractivity contribution in [1.82, 2.24) is 19.9 Å². The molecule has 0 radical (unpaired) electrons. The standard InChI is InChI=1S/C27H29N5O2/c1-32(2)14-15-34-22-8-6-19(7-9-22)27-29-25(18-10-12-28-13-11-18)26(30-27)21-16-20-4-3-5-23(20)24(17-21)31-33/h6-13,17,33H,3-5,14-16H2,1-2H3,(H,29,30)/b31-24-. The van der Waals surface area contributed by atoms with Crippen LogP contribution in [-0.4, -0.2) is 58.0 Å². The summed E-state index contributed by atoms with van der Waals surface area (Å²) >= 11 is 0. The van der Waals surface area contributed by atoms with E-state index in [0.717, 1.165) is 71.9 Å². The molecule has 0 fully saturated rings. The first kappa shape index (κ1) is 22.1. The van der Waals surface area contributed by atoms with E-state index in [1.54, 1.807) is 12.4 Å². The molecule has 7 nitrogen and oxygen atoms in total. The van der Waals surface area contributed by atoms with Gasteiger partial charge in [-0.05, 0) is 93.4 Å². The average Bonchev–Trinajstić information content (AvgIpc) is 3.52. The molecular formula is C27H29N5O2. The van der Waals surface area contributed by atoms with E-state index < -0.39 is 0 Å². The van der Waals surface area contributed by atoms with Crippen molar-refractivity contribution in [3.05, 3.63) is 71.7 Å². The third kappa shape index (κ3) is 4.52. The first-order chi connectivity index (χ1) is 16.6. The Labute approximate surface area is 199 Å². The van der Waals surface area contributed by atoms with Gasteiger partial charge in [0.05, 0.1) is 11.4 Å². The number of oxime groups is 1. The summed E-state index contributed by atoms with van der Waals surface area (Å²) < 4.78 is 5.84. The molecular weight excluding hydrogens is 426 g/mol. The van der Waals surface area contributed by atoms with Crippen molar-refractivity contribution in [2.75, 3.05) is 27.2 Å². The van der Waals surface area contributed by atoms with Gasteiger partial charge in [0.1, 0.15) is 23.9 Å². The van der Waals surface area contributed by atoms with Crippen molar-refractivity contribution in [2.24, 2.45) is 5.16 Å². The summed E-state index contributed by atoms with van der Waals surface area (Å²) in [5.74, 6) is 1.63. The van der Waals surface area contributed by atoms with Crippen LogP contribution in [0.1, 0.15) is 31.4 Å². The number of aromatic amines is 1. The number of rotatable bonds is 7. The average molecular weight is 456 g/mol. The van der Waals surface area contributed by atoms with Gasteiger partial charge in [0.15, 0.2) is 0 Å². The van der Waals surface area contributed by atoms with Gasteiger partial charge in [0.2, 0.25) is 0 Å². The van der Waals surface area contributed by atoms with E-state index in [-0.39, 0.29) is 0 Å². The Morgan fingerprint density at radius 2 is 1.85 bits per heavy atom. The lowest BCUT2D eigenvalue weighted by molar-refractivity contribution is 0.261. The van der Waals surface area contributed by atoms with Gasteiger partial charge in [-0.15, -0.1) is 0 Å². The van der Waals surface area contributed by atoms with Crippen molar-refractivity contribution in [1.29, 1.82) is 0 Å². The molecule has 7 heteroatoms. The molecule has 0 atom stereocenters. The van der Waals surface area contributed by atoms with Crippen LogP contribution in [0.4, 0.5) is 0 Å². The monoisotopic (exact) mass is 455 g/mol. The Morgan fingerprint density at radius 1 is 1.06 bits per heavy atom. The molecule has 2 aliphatic rings. The Balaban J connectivity index is 1.49. The van der Waals surface area contributed by atoms with Crippen LogP contribution in [0.5, 0.6) is 5.75 Å². The van der Waals surface area contributed by atoms with Crippen LogP contribution in [0.2, 0.25) is 0 Å². The molecule has 1 aromatic carbocycles. The topological polar surface area (TPSA) is 86.6 Å². The minimum Gasteiger partial charge on any atom is -0.492 e. The summed E-state index contributed by atoms with van der Waals surface area (Å²) in [6, 6.07) is 12.0. The number of H-pyrrole nitrogens is 1. The Morgan fingerprint density at radius 3 is 2.59 bits per heavy atom. The Kier molecular flexibility index (Phi) is 6.27. The molecule has 0 saturated heterocycles. The van der Waals surface area contributed by atoms with Crippen molar-refractivity contribution in [3.8, 4) is 28.4 Å². The van der Waals surface area contributed by atoms with Gasteiger partial charge >= 0.3 is 0 Å². The van der Waals surface area contributed by atoms with E-state index in [1.165, 1.54) is 11.1 Å². The number of benzene rings is 1. The smallest absolute Gasteiger partial charge is 0.138 e. The number of ether oxygens (including phenoxy) is 1. The maximum Gasteiger partial charge on any atom is 0.138 e. The largest absolute Gasteiger partial charge is 0.492 e. The zero-order chi connectivity index (χ0) is 23.5. The van der Waals surface area contributed by atoms with Crippen LogP contribution in [0.25, 0.3) is 28.2 Å². The number of nitrogens with zero attached hydrogens (tertiary/aromatic N) is 4. The second kappa shape index (κ2) is 9.65. The fraction of sp³-hybridized carbons (Fsp3) is 0.296. The zero-order valence-electron chi connectivity index (χ0n) is 19.6. The van der Waals surface area contributed by atoms with Crippen molar-refractivity contribution < 1.29 is 9.94 Å². The molecule has 34 heavy (non-hydrogen) atoms.